The van der Waals surface area contributed by atoms with Crippen molar-refractivity contribution < 1.29 is 19.1 Å². The molecule has 0 aromatic heterocycles. The van der Waals surface area contributed by atoms with Crippen molar-refractivity contribution in [3.8, 4) is 0 Å². The second-order valence-electron chi connectivity index (χ2n) is 8.74. The molecule has 150 valence electrons. The van der Waals surface area contributed by atoms with E-state index in [1.807, 2.05) is 36.4 Å². The second kappa shape index (κ2) is 9.04. The van der Waals surface area contributed by atoms with Crippen LogP contribution >= 0.6 is 0 Å². The Balaban J connectivity index is 1.93. The first-order chi connectivity index (χ1) is 12.6. The molecular weight excluding hydrogens is 358 g/mol. The van der Waals surface area contributed by atoms with Crippen molar-refractivity contribution in [2.24, 2.45) is 0 Å². The normalized spacial score (nSPS) is 23.6. The SMILES string of the molecule is CC(C)(C)[Si](C)(C)O[C@@H]1C[C@H](NC(=O)OCc2ccccc2)C=C[C@H](O)C1. The monoisotopic (exact) mass is 391 g/mol. The molecular formula is C21H33NO4Si. The molecule has 0 fully saturated rings. The number of aliphatic hydroxyl groups is 1. The van der Waals surface area contributed by atoms with Crippen molar-refractivity contribution in [2.75, 3.05) is 0 Å². The molecule has 6 heteroatoms. The maximum absolute atomic E-state index is 12.2. The van der Waals surface area contributed by atoms with Gasteiger partial charge in [0.05, 0.1) is 18.2 Å². The van der Waals surface area contributed by atoms with Gasteiger partial charge < -0.3 is 19.6 Å². The van der Waals surface area contributed by atoms with Crippen LogP contribution < -0.4 is 5.32 Å². The number of carbonyl (C=O) groups is 1. The van der Waals surface area contributed by atoms with Gasteiger partial charge in [0, 0.05) is 6.42 Å². The predicted molar refractivity (Wildman–Crippen MR) is 110 cm³/mol. The fraction of sp³-hybridized carbons (Fsp3) is 0.571. The van der Waals surface area contributed by atoms with Gasteiger partial charge in [-0.05, 0) is 30.1 Å². The summed E-state index contributed by atoms with van der Waals surface area (Å²) in [5.41, 5.74) is 0.943. The van der Waals surface area contributed by atoms with E-state index >= 15 is 0 Å². The van der Waals surface area contributed by atoms with Crippen LogP contribution in [0, 0.1) is 0 Å². The van der Waals surface area contributed by atoms with E-state index in [0.29, 0.717) is 12.8 Å². The maximum Gasteiger partial charge on any atom is 0.407 e. The number of alkyl carbamates (subject to hydrolysis) is 1. The average Bonchev–Trinajstić information content (AvgIpc) is 2.73. The Bertz CT molecular complexity index is 639. The number of rotatable bonds is 5. The van der Waals surface area contributed by atoms with E-state index in [9.17, 15) is 9.90 Å². The number of ether oxygens (including phenoxy) is 1. The Morgan fingerprint density at radius 3 is 2.48 bits per heavy atom. The van der Waals surface area contributed by atoms with E-state index in [1.165, 1.54) is 0 Å². The van der Waals surface area contributed by atoms with Gasteiger partial charge in [0.25, 0.3) is 0 Å². The van der Waals surface area contributed by atoms with Gasteiger partial charge in [-0.2, -0.15) is 0 Å². The summed E-state index contributed by atoms with van der Waals surface area (Å²) in [6, 6.07) is 9.36. The van der Waals surface area contributed by atoms with Crippen molar-refractivity contribution in [1.29, 1.82) is 0 Å². The van der Waals surface area contributed by atoms with Gasteiger partial charge in [0.2, 0.25) is 0 Å². The summed E-state index contributed by atoms with van der Waals surface area (Å²) in [4.78, 5) is 12.2. The summed E-state index contributed by atoms with van der Waals surface area (Å²) in [5.74, 6) is 0. The average molecular weight is 392 g/mol. The largest absolute Gasteiger partial charge is 0.445 e. The van der Waals surface area contributed by atoms with E-state index in [1.54, 1.807) is 6.08 Å². The number of hydrogen-bond donors (Lipinski definition) is 2. The molecule has 0 saturated heterocycles. The molecule has 2 N–H and O–H groups in total. The molecule has 5 nitrogen and oxygen atoms in total. The van der Waals surface area contributed by atoms with Crippen molar-refractivity contribution in [3.63, 3.8) is 0 Å². The van der Waals surface area contributed by atoms with Crippen molar-refractivity contribution in [3.05, 3.63) is 48.0 Å². The highest BCUT2D eigenvalue weighted by molar-refractivity contribution is 6.74. The first-order valence-electron chi connectivity index (χ1n) is 9.58. The minimum absolute atomic E-state index is 0.0925. The molecule has 3 atom stereocenters. The molecule has 0 saturated carbocycles. The van der Waals surface area contributed by atoms with Gasteiger partial charge in [-0.3, -0.25) is 0 Å². The fourth-order valence-corrected chi connectivity index (χ4v) is 4.16. The van der Waals surface area contributed by atoms with Crippen LogP contribution in [0.25, 0.3) is 0 Å². The third kappa shape index (κ3) is 6.79. The molecule has 1 aromatic carbocycles. The van der Waals surface area contributed by atoms with Gasteiger partial charge in [0.15, 0.2) is 8.32 Å². The van der Waals surface area contributed by atoms with Gasteiger partial charge in [-0.15, -0.1) is 0 Å². The summed E-state index contributed by atoms with van der Waals surface area (Å²) in [7, 11) is -1.96. The topological polar surface area (TPSA) is 67.8 Å². The zero-order chi connectivity index (χ0) is 20.1. The lowest BCUT2D eigenvalue weighted by Crippen LogP contribution is -2.46. The number of hydrogen-bond acceptors (Lipinski definition) is 4. The van der Waals surface area contributed by atoms with Crippen LogP contribution in [0.2, 0.25) is 18.1 Å². The van der Waals surface area contributed by atoms with Crippen molar-refractivity contribution >= 4 is 14.4 Å². The third-order valence-corrected chi connectivity index (χ3v) is 9.91. The van der Waals surface area contributed by atoms with Gasteiger partial charge in [0.1, 0.15) is 6.61 Å². The molecule has 0 heterocycles. The summed E-state index contributed by atoms with van der Waals surface area (Å²) in [6.45, 7) is 11.2. The molecule has 1 aliphatic carbocycles. The lowest BCUT2D eigenvalue weighted by Gasteiger charge is -2.39. The lowest BCUT2D eigenvalue weighted by atomic mass is 10.1. The molecule has 0 aliphatic heterocycles. The van der Waals surface area contributed by atoms with Crippen LogP contribution in [0.3, 0.4) is 0 Å². The number of nitrogens with one attached hydrogen (secondary N) is 1. The van der Waals surface area contributed by atoms with Gasteiger partial charge >= 0.3 is 6.09 Å². The maximum atomic E-state index is 12.2. The first kappa shape index (κ1) is 21.7. The minimum atomic E-state index is -1.96. The smallest absolute Gasteiger partial charge is 0.407 e. The molecule has 1 aromatic rings. The Morgan fingerprint density at radius 2 is 1.85 bits per heavy atom. The summed E-state index contributed by atoms with van der Waals surface area (Å²) in [5, 5.41) is 13.1. The first-order valence-corrected chi connectivity index (χ1v) is 12.5. The van der Waals surface area contributed by atoms with Gasteiger partial charge in [-0.25, -0.2) is 4.79 Å². The quantitative estimate of drug-likeness (QED) is 0.577. The van der Waals surface area contributed by atoms with Crippen molar-refractivity contribution in [2.45, 2.75) is 76.6 Å². The van der Waals surface area contributed by atoms with Gasteiger partial charge in [-0.1, -0.05) is 63.3 Å². The minimum Gasteiger partial charge on any atom is -0.445 e. The Hall–Kier alpha value is -1.63. The molecule has 2 rings (SSSR count). The Morgan fingerprint density at radius 1 is 1.19 bits per heavy atom. The van der Waals surface area contributed by atoms with Crippen LogP contribution in [0.4, 0.5) is 4.79 Å². The highest BCUT2D eigenvalue weighted by atomic mass is 28.4. The number of aliphatic hydroxyl groups excluding tert-OH is 1. The van der Waals surface area contributed by atoms with Crippen molar-refractivity contribution in [1.82, 2.24) is 5.32 Å². The van der Waals surface area contributed by atoms with Crippen LogP contribution in [-0.4, -0.2) is 37.8 Å². The molecule has 0 bridgehead atoms. The van der Waals surface area contributed by atoms with E-state index < -0.39 is 20.5 Å². The summed E-state index contributed by atoms with van der Waals surface area (Å²) < 4.78 is 11.8. The highest BCUT2D eigenvalue weighted by Crippen LogP contribution is 2.38. The summed E-state index contributed by atoms with van der Waals surface area (Å²) in [6.07, 6.45) is 3.61. The highest BCUT2D eigenvalue weighted by Gasteiger charge is 2.40. The number of carbonyl (C=O) groups excluding carboxylic acids is 1. The second-order valence-corrected chi connectivity index (χ2v) is 13.5. The van der Waals surface area contributed by atoms with E-state index in [2.05, 4.69) is 39.2 Å². The van der Waals surface area contributed by atoms with E-state index in [4.69, 9.17) is 9.16 Å². The third-order valence-electron chi connectivity index (χ3n) is 5.37. The molecule has 27 heavy (non-hydrogen) atoms. The van der Waals surface area contributed by atoms with E-state index in [0.717, 1.165) is 5.56 Å². The van der Waals surface area contributed by atoms with Crippen LogP contribution in [0.15, 0.2) is 42.5 Å². The molecule has 0 spiro atoms. The van der Waals surface area contributed by atoms with E-state index in [-0.39, 0.29) is 23.8 Å². The van der Waals surface area contributed by atoms with Crippen LogP contribution in [0.1, 0.15) is 39.2 Å². The predicted octanol–water partition coefficient (Wildman–Crippen LogP) is 4.38. The summed E-state index contributed by atoms with van der Waals surface area (Å²) >= 11 is 0. The molecule has 0 unspecified atom stereocenters. The molecule has 1 amide bonds. The standard InChI is InChI=1S/C21H33NO4Si/c1-21(2,3)27(4,5)26-19-13-17(11-12-18(23)14-19)22-20(24)25-15-16-9-7-6-8-10-16/h6-12,17-19,23H,13-15H2,1-5H3,(H,22,24)/t17-,18+,19-/m1/s1. The fourth-order valence-electron chi connectivity index (χ4n) is 2.78. The molecule has 1 aliphatic rings. The Labute approximate surface area is 163 Å². The number of amides is 1. The zero-order valence-electron chi connectivity index (χ0n) is 17.1. The van der Waals surface area contributed by atoms with Crippen LogP contribution in [0.5, 0.6) is 0 Å². The Kier molecular flexibility index (Phi) is 7.25. The molecule has 0 radical (unpaired) electrons. The lowest BCUT2D eigenvalue weighted by molar-refractivity contribution is 0.102. The number of benzene rings is 1. The zero-order valence-corrected chi connectivity index (χ0v) is 18.1. The van der Waals surface area contributed by atoms with Crippen LogP contribution in [-0.2, 0) is 15.8 Å².